The second-order valence-electron chi connectivity index (χ2n) is 7.57. The quantitative estimate of drug-likeness (QED) is 0.316. The summed E-state index contributed by atoms with van der Waals surface area (Å²) in [5.41, 5.74) is 9.42. The van der Waals surface area contributed by atoms with Gasteiger partial charge in [0.25, 0.3) is 5.91 Å². The number of hydrogen-bond acceptors (Lipinski definition) is 5. The number of hydrogen-bond donors (Lipinski definition) is 2. The molecule has 4 aromatic rings. The number of aromatic nitrogens is 3. The van der Waals surface area contributed by atoms with Crippen LogP contribution >= 0.6 is 0 Å². The second kappa shape index (κ2) is 9.55. The first-order chi connectivity index (χ1) is 15.6. The maximum atomic E-state index is 13.2. The van der Waals surface area contributed by atoms with Gasteiger partial charge in [0.05, 0.1) is 17.2 Å². The molecule has 0 unspecified atom stereocenters. The van der Waals surface area contributed by atoms with E-state index in [0.29, 0.717) is 34.3 Å². The number of rotatable bonds is 8. The monoisotopic (exact) mass is 432 g/mol. The van der Waals surface area contributed by atoms with Gasteiger partial charge in [0.15, 0.2) is 5.65 Å². The van der Waals surface area contributed by atoms with Gasteiger partial charge >= 0.3 is 0 Å². The SMILES string of the molecule is CCCCCCNC(=O)c1c(N)n(/N=C\c2ccc(F)cc2)c2nc3ccccc3nc12. The number of nitrogen functional groups attached to an aromatic ring is 1. The fraction of sp³-hybridized carbons (Fsp3) is 0.250. The summed E-state index contributed by atoms with van der Waals surface area (Å²) < 4.78 is 14.6. The van der Waals surface area contributed by atoms with E-state index in [1.54, 1.807) is 18.3 Å². The number of carbonyl (C=O) groups is 1. The standard InChI is InChI=1S/C24H25FN6O/c1-2-3-4-7-14-27-24(32)20-21-23(30-19-9-6-5-8-18(19)29-21)31(22(20)26)28-15-16-10-12-17(25)13-11-16/h5-6,8-13,15H,2-4,7,14,26H2,1H3,(H,27,32)/b28-15-. The molecule has 7 nitrogen and oxygen atoms in total. The number of anilines is 1. The number of para-hydroxylation sites is 2. The van der Waals surface area contributed by atoms with Crippen molar-refractivity contribution in [2.24, 2.45) is 5.10 Å². The molecule has 0 aliphatic carbocycles. The molecule has 0 aliphatic heterocycles. The fourth-order valence-electron chi connectivity index (χ4n) is 3.50. The van der Waals surface area contributed by atoms with Crippen LogP contribution < -0.4 is 11.1 Å². The Hall–Kier alpha value is -3.81. The van der Waals surface area contributed by atoms with Gasteiger partial charge in [-0.1, -0.05) is 50.5 Å². The lowest BCUT2D eigenvalue weighted by atomic mass is 10.2. The highest BCUT2D eigenvalue weighted by molar-refractivity contribution is 6.10. The van der Waals surface area contributed by atoms with Crippen molar-refractivity contribution in [2.75, 3.05) is 12.3 Å². The average Bonchev–Trinajstić information content (AvgIpc) is 3.07. The van der Waals surface area contributed by atoms with E-state index in [1.807, 2.05) is 24.3 Å². The van der Waals surface area contributed by atoms with Gasteiger partial charge in [-0.25, -0.2) is 14.4 Å². The van der Waals surface area contributed by atoms with Crippen molar-refractivity contribution in [1.29, 1.82) is 0 Å². The molecular weight excluding hydrogens is 407 g/mol. The predicted octanol–water partition coefficient (Wildman–Crippen LogP) is 4.50. The molecule has 0 bridgehead atoms. The topological polar surface area (TPSA) is 98.2 Å². The normalized spacial score (nSPS) is 11.6. The molecule has 8 heteroatoms. The molecule has 0 saturated carbocycles. The zero-order valence-electron chi connectivity index (χ0n) is 17.9. The lowest BCUT2D eigenvalue weighted by Crippen LogP contribution is -2.25. The Bertz CT molecular complexity index is 1280. The van der Waals surface area contributed by atoms with Crippen LogP contribution in [0.15, 0.2) is 53.6 Å². The van der Waals surface area contributed by atoms with Crippen LogP contribution in [-0.2, 0) is 0 Å². The molecule has 0 saturated heterocycles. The summed E-state index contributed by atoms with van der Waals surface area (Å²) in [6, 6.07) is 13.3. The van der Waals surface area contributed by atoms with Crippen LogP contribution in [0, 0.1) is 5.82 Å². The smallest absolute Gasteiger partial charge is 0.257 e. The van der Waals surface area contributed by atoms with Crippen molar-refractivity contribution >= 4 is 40.1 Å². The van der Waals surface area contributed by atoms with Crippen LogP contribution in [0.3, 0.4) is 0 Å². The summed E-state index contributed by atoms with van der Waals surface area (Å²) in [5, 5.41) is 7.36. The number of nitrogens with two attached hydrogens (primary N) is 1. The summed E-state index contributed by atoms with van der Waals surface area (Å²) >= 11 is 0. The molecule has 1 amide bonds. The highest BCUT2D eigenvalue weighted by Gasteiger charge is 2.23. The third-order valence-corrected chi connectivity index (χ3v) is 5.21. The minimum absolute atomic E-state index is 0.153. The molecule has 32 heavy (non-hydrogen) atoms. The summed E-state index contributed by atoms with van der Waals surface area (Å²) in [7, 11) is 0. The number of benzene rings is 2. The molecule has 4 rings (SSSR count). The van der Waals surface area contributed by atoms with Crippen molar-refractivity contribution < 1.29 is 9.18 Å². The summed E-state index contributed by atoms with van der Waals surface area (Å²) in [6.07, 6.45) is 5.75. The number of nitrogens with zero attached hydrogens (tertiary/aromatic N) is 4. The molecule has 0 atom stereocenters. The predicted molar refractivity (Wildman–Crippen MR) is 125 cm³/mol. The molecule has 2 aromatic carbocycles. The van der Waals surface area contributed by atoms with E-state index in [4.69, 9.17) is 5.73 Å². The Morgan fingerprint density at radius 2 is 1.81 bits per heavy atom. The first-order valence-corrected chi connectivity index (χ1v) is 10.7. The molecule has 0 aliphatic rings. The molecule has 3 N–H and O–H groups in total. The van der Waals surface area contributed by atoms with Crippen molar-refractivity contribution in [1.82, 2.24) is 20.0 Å². The van der Waals surface area contributed by atoms with E-state index < -0.39 is 0 Å². The maximum Gasteiger partial charge on any atom is 0.257 e. The van der Waals surface area contributed by atoms with Gasteiger partial charge in [0.1, 0.15) is 22.7 Å². The van der Waals surface area contributed by atoms with Crippen LogP contribution in [0.1, 0.15) is 48.5 Å². The molecule has 2 aromatic heterocycles. The van der Waals surface area contributed by atoms with Gasteiger partial charge in [0.2, 0.25) is 0 Å². The van der Waals surface area contributed by atoms with Crippen LogP contribution in [0.5, 0.6) is 0 Å². The van der Waals surface area contributed by atoms with Gasteiger partial charge in [-0.2, -0.15) is 9.78 Å². The van der Waals surface area contributed by atoms with Crippen molar-refractivity contribution in [3.05, 3.63) is 65.5 Å². The van der Waals surface area contributed by atoms with Crippen LogP contribution in [-0.4, -0.2) is 33.3 Å². The van der Waals surface area contributed by atoms with E-state index in [-0.39, 0.29) is 23.1 Å². The number of unbranched alkanes of at least 4 members (excludes halogenated alkanes) is 3. The maximum absolute atomic E-state index is 13.2. The number of carbonyl (C=O) groups excluding carboxylic acids is 1. The van der Waals surface area contributed by atoms with Crippen LogP contribution in [0.25, 0.3) is 22.2 Å². The molecular formula is C24H25FN6O. The van der Waals surface area contributed by atoms with E-state index >= 15 is 0 Å². The van der Waals surface area contributed by atoms with Crippen LogP contribution in [0.2, 0.25) is 0 Å². The Kier molecular flexibility index (Phi) is 6.39. The van der Waals surface area contributed by atoms with Crippen LogP contribution in [0.4, 0.5) is 10.2 Å². The third kappa shape index (κ3) is 4.44. The van der Waals surface area contributed by atoms with E-state index in [1.165, 1.54) is 16.8 Å². The molecule has 164 valence electrons. The zero-order chi connectivity index (χ0) is 22.5. The Morgan fingerprint density at radius 3 is 2.53 bits per heavy atom. The summed E-state index contributed by atoms with van der Waals surface area (Å²) in [5.74, 6) is -0.479. The molecule has 2 heterocycles. The number of nitrogens with one attached hydrogen (secondary N) is 1. The van der Waals surface area contributed by atoms with Gasteiger partial charge in [-0.15, -0.1) is 0 Å². The minimum atomic E-state index is -0.330. The molecule has 0 radical (unpaired) electrons. The average molecular weight is 433 g/mol. The number of fused-ring (bicyclic) bond motifs is 2. The highest BCUT2D eigenvalue weighted by atomic mass is 19.1. The first-order valence-electron chi connectivity index (χ1n) is 10.7. The first kappa shape index (κ1) is 21.4. The Morgan fingerprint density at radius 1 is 1.09 bits per heavy atom. The van der Waals surface area contributed by atoms with E-state index in [2.05, 4.69) is 27.3 Å². The van der Waals surface area contributed by atoms with Gasteiger partial charge < -0.3 is 11.1 Å². The highest BCUT2D eigenvalue weighted by Crippen LogP contribution is 2.27. The van der Waals surface area contributed by atoms with Crippen molar-refractivity contribution in [3.8, 4) is 0 Å². The van der Waals surface area contributed by atoms with E-state index in [9.17, 15) is 9.18 Å². The minimum Gasteiger partial charge on any atom is -0.383 e. The van der Waals surface area contributed by atoms with Crippen molar-refractivity contribution in [3.63, 3.8) is 0 Å². The lowest BCUT2D eigenvalue weighted by Gasteiger charge is -2.05. The van der Waals surface area contributed by atoms with Gasteiger partial charge in [-0.3, -0.25) is 4.79 Å². The fourth-order valence-corrected chi connectivity index (χ4v) is 3.50. The molecule has 0 spiro atoms. The van der Waals surface area contributed by atoms with Gasteiger partial charge in [-0.05, 0) is 36.2 Å². The largest absolute Gasteiger partial charge is 0.383 e. The van der Waals surface area contributed by atoms with Crippen molar-refractivity contribution in [2.45, 2.75) is 32.6 Å². The number of amides is 1. The van der Waals surface area contributed by atoms with Gasteiger partial charge in [0, 0.05) is 6.54 Å². The second-order valence-corrected chi connectivity index (χ2v) is 7.57. The Labute approximate surface area is 185 Å². The summed E-state index contributed by atoms with van der Waals surface area (Å²) in [6.45, 7) is 2.70. The van der Waals surface area contributed by atoms with E-state index in [0.717, 1.165) is 25.7 Å². The third-order valence-electron chi connectivity index (χ3n) is 5.21. The Balaban J connectivity index is 1.75. The lowest BCUT2D eigenvalue weighted by molar-refractivity contribution is 0.0955. The zero-order valence-corrected chi connectivity index (χ0v) is 17.9. The summed E-state index contributed by atoms with van der Waals surface area (Å²) in [4.78, 5) is 22.3. The number of halogens is 1. The molecule has 0 fully saturated rings.